The van der Waals surface area contributed by atoms with Crippen LogP contribution in [0.25, 0.3) is 0 Å². The monoisotopic (exact) mass is 189 g/mol. The zero-order valence-corrected chi connectivity index (χ0v) is 9.30. The molecule has 76 valence electrons. The van der Waals surface area contributed by atoms with Crippen molar-refractivity contribution in [2.24, 2.45) is 0 Å². The van der Waals surface area contributed by atoms with Crippen molar-refractivity contribution in [2.75, 3.05) is 7.05 Å². The van der Waals surface area contributed by atoms with Crippen molar-refractivity contribution in [1.82, 2.24) is 5.32 Å². The molecule has 0 radical (unpaired) electrons. The molecule has 1 aromatic rings. The summed E-state index contributed by atoms with van der Waals surface area (Å²) >= 11 is 0. The fourth-order valence-electron chi connectivity index (χ4n) is 1.54. The normalized spacial score (nSPS) is 9.64. The third-order valence-electron chi connectivity index (χ3n) is 2.41. The van der Waals surface area contributed by atoms with E-state index in [-0.39, 0.29) is 0 Å². The number of hydrogen-bond acceptors (Lipinski definition) is 1. The van der Waals surface area contributed by atoms with Crippen molar-refractivity contribution in [2.45, 2.75) is 26.7 Å². The Morgan fingerprint density at radius 2 is 1.79 bits per heavy atom. The molecule has 1 heteroatoms. The van der Waals surface area contributed by atoms with Gasteiger partial charge >= 0.3 is 0 Å². The van der Waals surface area contributed by atoms with Gasteiger partial charge in [0.05, 0.1) is 0 Å². The molecule has 0 aliphatic rings. The largest absolute Gasteiger partial charge is 0.391 e. The van der Waals surface area contributed by atoms with E-state index in [1.54, 1.807) is 0 Å². The minimum Gasteiger partial charge on any atom is -0.391 e. The molecule has 0 atom stereocenters. The summed E-state index contributed by atoms with van der Waals surface area (Å²) in [5.74, 6) is 0. The Kier molecular flexibility index (Phi) is 4.24. The van der Waals surface area contributed by atoms with E-state index in [0.29, 0.717) is 0 Å². The number of allylic oxidation sites excluding steroid dienone is 2. The van der Waals surface area contributed by atoms with Gasteiger partial charge in [0, 0.05) is 12.7 Å². The standard InChI is InChI=1S/C13H19N/c1-11(2)13(14-3)10-9-12-7-5-4-6-8-12/h4-8,14H,9-10H2,1-3H3. The lowest BCUT2D eigenvalue weighted by Gasteiger charge is -2.09. The van der Waals surface area contributed by atoms with Crippen molar-refractivity contribution in [1.29, 1.82) is 0 Å². The van der Waals surface area contributed by atoms with E-state index in [0.717, 1.165) is 12.8 Å². The van der Waals surface area contributed by atoms with Gasteiger partial charge in [-0.1, -0.05) is 35.9 Å². The third kappa shape index (κ3) is 3.25. The van der Waals surface area contributed by atoms with Crippen LogP contribution in [-0.4, -0.2) is 7.05 Å². The van der Waals surface area contributed by atoms with Gasteiger partial charge in [-0.3, -0.25) is 0 Å². The van der Waals surface area contributed by atoms with Gasteiger partial charge in [-0.25, -0.2) is 0 Å². The van der Waals surface area contributed by atoms with Crippen molar-refractivity contribution < 1.29 is 0 Å². The van der Waals surface area contributed by atoms with Crippen LogP contribution >= 0.6 is 0 Å². The molecule has 0 saturated heterocycles. The van der Waals surface area contributed by atoms with Gasteiger partial charge in [0.25, 0.3) is 0 Å². The lowest BCUT2D eigenvalue weighted by molar-refractivity contribution is 0.817. The summed E-state index contributed by atoms with van der Waals surface area (Å²) in [7, 11) is 1.99. The summed E-state index contributed by atoms with van der Waals surface area (Å²) in [5.41, 5.74) is 4.14. The van der Waals surface area contributed by atoms with Gasteiger partial charge in [-0.2, -0.15) is 0 Å². The fourth-order valence-corrected chi connectivity index (χ4v) is 1.54. The van der Waals surface area contributed by atoms with Gasteiger partial charge in [-0.05, 0) is 32.3 Å². The van der Waals surface area contributed by atoms with Crippen molar-refractivity contribution in [3.05, 3.63) is 47.2 Å². The van der Waals surface area contributed by atoms with Gasteiger partial charge in [-0.15, -0.1) is 0 Å². The molecule has 1 aromatic carbocycles. The highest BCUT2D eigenvalue weighted by Gasteiger charge is 1.97. The molecular formula is C13H19N. The first-order valence-electron chi connectivity index (χ1n) is 5.12. The molecule has 0 aromatic heterocycles. The van der Waals surface area contributed by atoms with Gasteiger partial charge in [0.2, 0.25) is 0 Å². The van der Waals surface area contributed by atoms with Crippen LogP contribution in [0.1, 0.15) is 25.8 Å². The van der Waals surface area contributed by atoms with Gasteiger partial charge < -0.3 is 5.32 Å². The lowest BCUT2D eigenvalue weighted by atomic mass is 10.1. The van der Waals surface area contributed by atoms with Crippen molar-refractivity contribution in [3.63, 3.8) is 0 Å². The highest BCUT2D eigenvalue weighted by Crippen LogP contribution is 2.09. The first kappa shape index (κ1) is 10.8. The van der Waals surface area contributed by atoms with Gasteiger partial charge in [0.15, 0.2) is 0 Å². The molecule has 0 aliphatic carbocycles. The summed E-state index contributed by atoms with van der Waals surface area (Å²) in [6.45, 7) is 4.30. The average Bonchev–Trinajstić information content (AvgIpc) is 2.20. The predicted octanol–water partition coefficient (Wildman–Crippen LogP) is 3.13. The maximum atomic E-state index is 3.25. The Balaban J connectivity index is 2.53. The third-order valence-corrected chi connectivity index (χ3v) is 2.41. The summed E-state index contributed by atoms with van der Waals surface area (Å²) in [6, 6.07) is 10.6. The number of aryl methyl sites for hydroxylation is 1. The second-order valence-corrected chi connectivity index (χ2v) is 3.71. The predicted molar refractivity (Wildman–Crippen MR) is 62.2 cm³/mol. The molecule has 1 rings (SSSR count). The van der Waals surface area contributed by atoms with E-state index in [1.165, 1.54) is 16.8 Å². The van der Waals surface area contributed by atoms with E-state index in [9.17, 15) is 0 Å². The van der Waals surface area contributed by atoms with Crippen LogP contribution in [0.4, 0.5) is 0 Å². The second kappa shape index (κ2) is 5.48. The first-order valence-corrected chi connectivity index (χ1v) is 5.12. The number of hydrogen-bond donors (Lipinski definition) is 1. The molecule has 1 N–H and O–H groups in total. The zero-order valence-electron chi connectivity index (χ0n) is 9.30. The Bertz CT molecular complexity index is 294. The maximum absolute atomic E-state index is 3.25. The van der Waals surface area contributed by atoms with E-state index < -0.39 is 0 Å². The molecule has 14 heavy (non-hydrogen) atoms. The highest BCUT2D eigenvalue weighted by atomic mass is 14.8. The molecule has 0 spiro atoms. The number of rotatable bonds is 4. The molecule has 0 aliphatic heterocycles. The van der Waals surface area contributed by atoms with Crippen LogP contribution in [0.5, 0.6) is 0 Å². The van der Waals surface area contributed by atoms with E-state index >= 15 is 0 Å². The van der Waals surface area contributed by atoms with Crippen LogP contribution < -0.4 is 5.32 Å². The minimum atomic E-state index is 1.10. The smallest absolute Gasteiger partial charge is 0.00936 e. The molecule has 0 amide bonds. The topological polar surface area (TPSA) is 12.0 Å². The molecular weight excluding hydrogens is 170 g/mol. The van der Waals surface area contributed by atoms with Crippen LogP contribution in [0.3, 0.4) is 0 Å². The Morgan fingerprint density at radius 1 is 1.14 bits per heavy atom. The summed E-state index contributed by atoms with van der Waals surface area (Å²) in [5, 5.41) is 3.25. The quantitative estimate of drug-likeness (QED) is 0.767. The SMILES string of the molecule is CNC(CCc1ccccc1)=C(C)C. The molecule has 0 bridgehead atoms. The second-order valence-electron chi connectivity index (χ2n) is 3.71. The molecule has 0 saturated carbocycles. The Hall–Kier alpha value is -1.24. The van der Waals surface area contributed by atoms with E-state index in [1.807, 2.05) is 7.05 Å². The Labute approximate surface area is 86.8 Å². The highest BCUT2D eigenvalue weighted by molar-refractivity contribution is 5.17. The van der Waals surface area contributed by atoms with E-state index in [2.05, 4.69) is 49.5 Å². The lowest BCUT2D eigenvalue weighted by Crippen LogP contribution is -2.08. The fraction of sp³-hybridized carbons (Fsp3) is 0.385. The zero-order chi connectivity index (χ0) is 10.4. The molecule has 1 nitrogen and oxygen atoms in total. The van der Waals surface area contributed by atoms with Crippen LogP contribution in [0, 0.1) is 0 Å². The summed E-state index contributed by atoms with van der Waals surface area (Å²) < 4.78 is 0. The average molecular weight is 189 g/mol. The first-order chi connectivity index (χ1) is 6.74. The number of benzene rings is 1. The van der Waals surface area contributed by atoms with Gasteiger partial charge in [0.1, 0.15) is 0 Å². The minimum absolute atomic E-state index is 1.10. The van der Waals surface area contributed by atoms with Crippen molar-refractivity contribution >= 4 is 0 Å². The molecule has 0 unspecified atom stereocenters. The summed E-state index contributed by atoms with van der Waals surface area (Å²) in [6.07, 6.45) is 2.21. The van der Waals surface area contributed by atoms with Crippen LogP contribution in [-0.2, 0) is 6.42 Å². The van der Waals surface area contributed by atoms with Crippen LogP contribution in [0.2, 0.25) is 0 Å². The molecule has 0 heterocycles. The van der Waals surface area contributed by atoms with Crippen LogP contribution in [0.15, 0.2) is 41.6 Å². The Morgan fingerprint density at radius 3 is 2.29 bits per heavy atom. The summed E-state index contributed by atoms with van der Waals surface area (Å²) in [4.78, 5) is 0. The number of nitrogens with one attached hydrogen (secondary N) is 1. The maximum Gasteiger partial charge on any atom is 0.00936 e. The van der Waals surface area contributed by atoms with Crippen molar-refractivity contribution in [3.8, 4) is 0 Å². The molecule has 0 fully saturated rings. The van der Waals surface area contributed by atoms with E-state index in [4.69, 9.17) is 0 Å².